The molecule has 0 saturated carbocycles. The van der Waals surface area contributed by atoms with Gasteiger partial charge in [-0.15, -0.1) is 0 Å². The lowest BCUT2D eigenvalue weighted by molar-refractivity contribution is 0.408. The van der Waals surface area contributed by atoms with Crippen LogP contribution < -0.4 is 14.8 Å². The molecule has 6 nitrogen and oxygen atoms in total. The number of halogens is 1. The van der Waals surface area contributed by atoms with Crippen LogP contribution in [0.15, 0.2) is 39.8 Å². The lowest BCUT2D eigenvalue weighted by Crippen LogP contribution is -2.12. The van der Waals surface area contributed by atoms with Gasteiger partial charge in [0, 0.05) is 0 Å². The van der Waals surface area contributed by atoms with E-state index in [1.54, 1.807) is 25.2 Å². The SMILES string of the molecule is CNCc1ccc(S(=O)(=O)Nc2ccc(OC)c(Cl)c2)o1. The van der Waals surface area contributed by atoms with E-state index >= 15 is 0 Å². The van der Waals surface area contributed by atoms with Crippen LogP contribution in [0.1, 0.15) is 5.76 Å². The fraction of sp³-hybridized carbons (Fsp3) is 0.231. The first kappa shape index (κ1) is 15.7. The number of benzene rings is 1. The van der Waals surface area contributed by atoms with Gasteiger partial charge in [-0.2, -0.15) is 8.42 Å². The van der Waals surface area contributed by atoms with Crippen LogP contribution in [0.3, 0.4) is 0 Å². The van der Waals surface area contributed by atoms with E-state index in [1.807, 2.05) is 0 Å². The van der Waals surface area contributed by atoms with Crippen molar-refractivity contribution in [3.8, 4) is 5.75 Å². The zero-order chi connectivity index (χ0) is 15.5. The van der Waals surface area contributed by atoms with Crippen LogP contribution in [0, 0.1) is 0 Å². The molecule has 1 aromatic heterocycles. The van der Waals surface area contributed by atoms with E-state index in [9.17, 15) is 8.42 Å². The number of methoxy groups -OCH3 is 1. The number of ether oxygens (including phenoxy) is 1. The van der Waals surface area contributed by atoms with Crippen molar-refractivity contribution in [2.24, 2.45) is 0 Å². The van der Waals surface area contributed by atoms with Crippen LogP contribution in [0.25, 0.3) is 0 Å². The Morgan fingerprint density at radius 2 is 2.05 bits per heavy atom. The summed E-state index contributed by atoms with van der Waals surface area (Å²) in [4.78, 5) is 0. The van der Waals surface area contributed by atoms with E-state index < -0.39 is 10.0 Å². The van der Waals surface area contributed by atoms with Crippen molar-refractivity contribution in [1.29, 1.82) is 0 Å². The first-order valence-electron chi connectivity index (χ1n) is 6.06. The summed E-state index contributed by atoms with van der Waals surface area (Å²) in [5.74, 6) is 1.000. The van der Waals surface area contributed by atoms with E-state index in [2.05, 4.69) is 10.0 Å². The zero-order valence-corrected chi connectivity index (χ0v) is 13.1. The Hall–Kier alpha value is -1.70. The maximum Gasteiger partial charge on any atom is 0.295 e. The van der Waals surface area contributed by atoms with Crippen LogP contribution in [-0.2, 0) is 16.6 Å². The van der Waals surface area contributed by atoms with E-state index in [0.717, 1.165) is 0 Å². The van der Waals surface area contributed by atoms with E-state index in [-0.39, 0.29) is 5.09 Å². The maximum absolute atomic E-state index is 12.2. The highest BCUT2D eigenvalue weighted by atomic mass is 35.5. The lowest BCUT2D eigenvalue weighted by atomic mass is 10.3. The van der Waals surface area contributed by atoms with Gasteiger partial charge in [-0.05, 0) is 37.4 Å². The molecular formula is C13H15ClN2O4S. The van der Waals surface area contributed by atoms with Crippen LogP contribution in [0.4, 0.5) is 5.69 Å². The predicted octanol–water partition coefficient (Wildman–Crippen LogP) is 2.46. The molecule has 0 aliphatic rings. The molecule has 2 rings (SSSR count). The number of rotatable bonds is 6. The fourth-order valence-electron chi connectivity index (χ4n) is 1.71. The molecule has 0 aliphatic carbocycles. The van der Waals surface area contributed by atoms with Crippen molar-refractivity contribution >= 4 is 27.3 Å². The second-order valence-corrected chi connectivity index (χ2v) is 6.23. The minimum atomic E-state index is -3.79. The highest BCUT2D eigenvalue weighted by Gasteiger charge is 2.19. The summed E-state index contributed by atoms with van der Waals surface area (Å²) in [5.41, 5.74) is 0.326. The number of hydrogen-bond donors (Lipinski definition) is 2. The first-order valence-corrected chi connectivity index (χ1v) is 7.92. The van der Waals surface area contributed by atoms with Gasteiger partial charge in [0.15, 0.2) is 0 Å². The number of sulfonamides is 1. The van der Waals surface area contributed by atoms with Crippen molar-refractivity contribution in [2.75, 3.05) is 18.9 Å². The third kappa shape index (κ3) is 3.69. The average Bonchev–Trinajstić information content (AvgIpc) is 2.88. The molecule has 0 unspecified atom stereocenters. The van der Waals surface area contributed by atoms with Gasteiger partial charge >= 0.3 is 0 Å². The normalized spacial score (nSPS) is 11.4. The van der Waals surface area contributed by atoms with E-state index in [4.69, 9.17) is 20.8 Å². The Bertz CT molecular complexity index is 728. The van der Waals surface area contributed by atoms with Crippen LogP contribution >= 0.6 is 11.6 Å². The maximum atomic E-state index is 12.2. The molecule has 0 fully saturated rings. The summed E-state index contributed by atoms with van der Waals surface area (Å²) in [6.45, 7) is 0.448. The highest BCUT2D eigenvalue weighted by molar-refractivity contribution is 7.92. The number of furan rings is 1. The average molecular weight is 331 g/mol. The molecule has 0 bridgehead atoms. The van der Waals surface area contributed by atoms with Crippen molar-refractivity contribution in [3.05, 3.63) is 41.1 Å². The van der Waals surface area contributed by atoms with Gasteiger partial charge in [0.25, 0.3) is 10.0 Å². The minimum Gasteiger partial charge on any atom is -0.495 e. The smallest absolute Gasteiger partial charge is 0.295 e. The Kier molecular flexibility index (Phi) is 4.76. The Balaban J connectivity index is 2.22. The molecule has 8 heteroatoms. The molecule has 1 heterocycles. The van der Waals surface area contributed by atoms with Crippen LogP contribution in [-0.4, -0.2) is 22.6 Å². The summed E-state index contributed by atoms with van der Waals surface area (Å²) >= 11 is 5.96. The number of nitrogens with one attached hydrogen (secondary N) is 2. The Morgan fingerprint density at radius 1 is 1.29 bits per heavy atom. The summed E-state index contributed by atoms with van der Waals surface area (Å²) in [6, 6.07) is 7.61. The van der Waals surface area contributed by atoms with Gasteiger partial charge in [0.05, 0.1) is 24.4 Å². The Labute approximate surface area is 128 Å². The molecule has 0 radical (unpaired) electrons. The molecule has 2 aromatic rings. The van der Waals surface area contributed by atoms with Gasteiger partial charge in [-0.1, -0.05) is 11.6 Å². The first-order chi connectivity index (χ1) is 9.96. The molecule has 0 aliphatic heterocycles. The molecule has 0 spiro atoms. The molecule has 114 valence electrons. The Morgan fingerprint density at radius 3 is 2.67 bits per heavy atom. The summed E-state index contributed by atoms with van der Waals surface area (Å²) in [5, 5.41) is 3.04. The monoisotopic (exact) mass is 330 g/mol. The fourth-order valence-corrected chi connectivity index (χ4v) is 2.97. The van der Waals surface area contributed by atoms with E-state index in [0.29, 0.717) is 28.8 Å². The minimum absolute atomic E-state index is 0.153. The summed E-state index contributed by atoms with van der Waals surface area (Å²) < 4.78 is 37.0. The van der Waals surface area contributed by atoms with Crippen molar-refractivity contribution in [1.82, 2.24) is 5.32 Å². The van der Waals surface area contributed by atoms with Gasteiger partial charge < -0.3 is 14.5 Å². The van der Waals surface area contributed by atoms with Gasteiger partial charge in [-0.3, -0.25) is 4.72 Å². The van der Waals surface area contributed by atoms with Gasteiger partial charge in [-0.25, -0.2) is 0 Å². The lowest BCUT2D eigenvalue weighted by Gasteiger charge is -2.08. The quantitative estimate of drug-likeness (QED) is 0.850. The molecule has 0 atom stereocenters. The largest absolute Gasteiger partial charge is 0.495 e. The molecular weight excluding hydrogens is 316 g/mol. The predicted molar refractivity (Wildman–Crippen MR) is 80.3 cm³/mol. The van der Waals surface area contributed by atoms with Crippen LogP contribution in [0.5, 0.6) is 5.75 Å². The van der Waals surface area contributed by atoms with Crippen molar-refractivity contribution in [2.45, 2.75) is 11.6 Å². The van der Waals surface area contributed by atoms with Crippen molar-refractivity contribution < 1.29 is 17.6 Å². The number of anilines is 1. The van der Waals surface area contributed by atoms with E-state index in [1.165, 1.54) is 19.2 Å². The third-order valence-corrected chi connectivity index (χ3v) is 4.21. The van der Waals surface area contributed by atoms with Crippen molar-refractivity contribution in [3.63, 3.8) is 0 Å². The molecule has 21 heavy (non-hydrogen) atoms. The van der Waals surface area contributed by atoms with Crippen LogP contribution in [0.2, 0.25) is 5.02 Å². The standard InChI is InChI=1S/C13H15ClN2O4S/c1-15-8-10-4-6-13(20-10)21(17,18)16-9-3-5-12(19-2)11(14)7-9/h3-7,15-16H,8H2,1-2H3. The highest BCUT2D eigenvalue weighted by Crippen LogP contribution is 2.28. The zero-order valence-electron chi connectivity index (χ0n) is 11.5. The molecule has 2 N–H and O–H groups in total. The van der Waals surface area contributed by atoms with Gasteiger partial charge in [0.2, 0.25) is 5.09 Å². The molecule has 1 aromatic carbocycles. The topological polar surface area (TPSA) is 80.6 Å². The molecule has 0 amide bonds. The second kappa shape index (κ2) is 6.38. The third-order valence-electron chi connectivity index (χ3n) is 2.66. The second-order valence-electron chi connectivity index (χ2n) is 4.21. The summed E-state index contributed by atoms with van der Waals surface area (Å²) in [7, 11) is -0.563. The molecule has 0 saturated heterocycles. The van der Waals surface area contributed by atoms with Gasteiger partial charge in [0.1, 0.15) is 11.5 Å². The summed E-state index contributed by atoms with van der Waals surface area (Å²) in [6.07, 6.45) is 0. The number of hydrogen-bond acceptors (Lipinski definition) is 5.